The second-order valence-electron chi connectivity index (χ2n) is 5.59. The van der Waals surface area contributed by atoms with Crippen molar-refractivity contribution in [2.75, 3.05) is 0 Å². The zero-order chi connectivity index (χ0) is 18.5. The van der Waals surface area contributed by atoms with Crippen molar-refractivity contribution in [3.05, 3.63) is 76.2 Å². The largest absolute Gasteiger partial charge is 0.472 e. The van der Waals surface area contributed by atoms with Crippen LogP contribution in [0.4, 0.5) is 10.1 Å². The van der Waals surface area contributed by atoms with Gasteiger partial charge >= 0.3 is 0 Å². The highest BCUT2D eigenvalue weighted by molar-refractivity contribution is 9.10. The van der Waals surface area contributed by atoms with Gasteiger partial charge < -0.3 is 9.40 Å². The smallest absolute Gasteiger partial charge is 0.160 e. The molecule has 0 bridgehead atoms. The van der Waals surface area contributed by atoms with Crippen LogP contribution in [0, 0.1) is 5.82 Å². The van der Waals surface area contributed by atoms with Crippen molar-refractivity contribution in [1.82, 2.24) is 10.5 Å². The molecule has 8 heteroatoms. The molecule has 0 spiro atoms. The maximum atomic E-state index is 13.3. The second kappa shape index (κ2) is 8.11. The fraction of sp³-hybridized carbons (Fsp3) is 0.111. The van der Waals surface area contributed by atoms with Crippen molar-refractivity contribution in [3.8, 4) is 0 Å². The average molecular weight is 420 g/mol. The number of carbonyl (C=O) groups is 1. The molecule has 134 valence electrons. The van der Waals surface area contributed by atoms with Gasteiger partial charge in [0.1, 0.15) is 17.9 Å². The summed E-state index contributed by atoms with van der Waals surface area (Å²) in [5.41, 5.74) is 4.37. The molecular weight excluding hydrogens is 405 g/mol. The maximum Gasteiger partial charge on any atom is 0.160 e. The number of furan rings is 1. The lowest BCUT2D eigenvalue weighted by molar-refractivity contribution is -0.117. The highest BCUT2D eigenvalue weighted by Crippen LogP contribution is 2.23. The molecule has 0 amide bonds. The number of hydrogen-bond donors (Lipinski definition) is 3. The van der Waals surface area contributed by atoms with Gasteiger partial charge in [-0.1, -0.05) is 0 Å². The fourth-order valence-corrected chi connectivity index (χ4v) is 2.83. The molecule has 0 saturated carbocycles. The van der Waals surface area contributed by atoms with Crippen molar-refractivity contribution in [1.29, 1.82) is 0 Å². The molecule has 2 aromatic heterocycles. The van der Waals surface area contributed by atoms with Gasteiger partial charge in [-0.2, -0.15) is 0 Å². The van der Waals surface area contributed by atoms with E-state index in [9.17, 15) is 14.4 Å². The Labute approximate surface area is 156 Å². The number of amidine groups is 1. The molecule has 3 rings (SSSR count). The van der Waals surface area contributed by atoms with E-state index in [1.165, 1.54) is 30.7 Å². The summed E-state index contributed by atoms with van der Waals surface area (Å²) in [6.07, 6.45) is 6.77. The standard InChI is InChI=1S/C18H15BrFN3O3/c19-16-7-13(1-2-17(16)20)22-18(23-25)15-10-26-9-12(15)6-14(24)5-11-3-4-21-8-11/h1-4,7-10,21,25H,5-6H2,(H,22,23). The van der Waals surface area contributed by atoms with Gasteiger partial charge in [0.05, 0.1) is 22.0 Å². The molecule has 0 atom stereocenters. The van der Waals surface area contributed by atoms with Gasteiger partial charge in [-0.15, -0.1) is 0 Å². The number of aromatic amines is 1. The van der Waals surface area contributed by atoms with Crippen LogP contribution in [0.1, 0.15) is 16.7 Å². The molecule has 0 aliphatic carbocycles. The number of Topliss-reactive ketones (excluding diaryl/α,β-unsaturated/α-hetero) is 1. The van der Waals surface area contributed by atoms with E-state index in [0.717, 1.165) is 5.56 Å². The summed E-state index contributed by atoms with van der Waals surface area (Å²) in [6, 6.07) is 6.04. The summed E-state index contributed by atoms with van der Waals surface area (Å²) < 4.78 is 18.8. The van der Waals surface area contributed by atoms with E-state index in [2.05, 4.69) is 25.9 Å². The zero-order valence-corrected chi connectivity index (χ0v) is 15.1. The van der Waals surface area contributed by atoms with Crippen LogP contribution in [0.5, 0.6) is 0 Å². The Balaban J connectivity index is 1.81. The summed E-state index contributed by atoms with van der Waals surface area (Å²) in [7, 11) is 0. The maximum absolute atomic E-state index is 13.3. The summed E-state index contributed by atoms with van der Waals surface area (Å²) in [4.78, 5) is 19.4. The number of carbonyl (C=O) groups excluding carboxylic acids is 1. The third-order valence-electron chi connectivity index (χ3n) is 3.70. The summed E-state index contributed by atoms with van der Waals surface area (Å²) in [5.74, 6) is -0.322. The molecule has 0 saturated heterocycles. The molecule has 3 aromatic rings. The minimum atomic E-state index is -0.415. The van der Waals surface area contributed by atoms with Gasteiger partial charge in [-0.25, -0.2) is 9.38 Å². The second-order valence-corrected chi connectivity index (χ2v) is 6.45. The van der Waals surface area contributed by atoms with E-state index in [4.69, 9.17) is 4.42 Å². The molecular formula is C18H15BrFN3O3. The Bertz CT molecular complexity index is 935. The number of ketones is 1. The number of benzene rings is 1. The molecule has 3 N–H and O–H groups in total. The average Bonchev–Trinajstić information content (AvgIpc) is 3.28. The molecule has 2 heterocycles. The van der Waals surface area contributed by atoms with Crippen LogP contribution in [-0.4, -0.2) is 21.8 Å². The first kappa shape index (κ1) is 18.1. The van der Waals surface area contributed by atoms with Crippen LogP contribution >= 0.6 is 15.9 Å². The molecule has 26 heavy (non-hydrogen) atoms. The van der Waals surface area contributed by atoms with Gasteiger partial charge in [-0.3, -0.25) is 15.5 Å². The number of nitrogens with one attached hydrogen (secondary N) is 2. The molecule has 0 unspecified atom stereocenters. The third kappa shape index (κ3) is 4.27. The predicted molar refractivity (Wildman–Crippen MR) is 97.1 cm³/mol. The molecule has 1 aromatic carbocycles. The van der Waals surface area contributed by atoms with Crippen molar-refractivity contribution in [2.24, 2.45) is 4.99 Å². The quantitative estimate of drug-likeness (QED) is 0.320. The number of aliphatic imine (C=N–C) groups is 1. The first-order valence-corrected chi connectivity index (χ1v) is 8.48. The Morgan fingerprint density at radius 3 is 2.85 bits per heavy atom. The normalized spacial score (nSPS) is 11.6. The van der Waals surface area contributed by atoms with E-state index < -0.39 is 5.82 Å². The van der Waals surface area contributed by atoms with E-state index in [1.807, 2.05) is 11.5 Å². The molecule has 0 radical (unpaired) electrons. The lowest BCUT2D eigenvalue weighted by Gasteiger charge is -2.06. The van der Waals surface area contributed by atoms with E-state index in [1.54, 1.807) is 12.4 Å². The highest BCUT2D eigenvalue weighted by atomic mass is 79.9. The number of hydroxylamine groups is 1. The van der Waals surface area contributed by atoms with Crippen LogP contribution in [0.2, 0.25) is 0 Å². The lowest BCUT2D eigenvalue weighted by atomic mass is 10.0. The zero-order valence-electron chi connectivity index (χ0n) is 13.5. The molecule has 6 nitrogen and oxygen atoms in total. The lowest BCUT2D eigenvalue weighted by Crippen LogP contribution is -2.21. The number of halogens is 2. The van der Waals surface area contributed by atoms with Crippen molar-refractivity contribution in [3.63, 3.8) is 0 Å². The Hall–Kier alpha value is -2.71. The third-order valence-corrected chi connectivity index (χ3v) is 4.31. The number of rotatable bonds is 6. The van der Waals surface area contributed by atoms with E-state index >= 15 is 0 Å². The van der Waals surface area contributed by atoms with Gasteiger partial charge in [0.15, 0.2) is 5.84 Å². The summed E-state index contributed by atoms with van der Waals surface area (Å²) in [5, 5.41) is 9.45. The van der Waals surface area contributed by atoms with Crippen LogP contribution in [-0.2, 0) is 17.6 Å². The topological polar surface area (TPSA) is 90.6 Å². The summed E-state index contributed by atoms with van der Waals surface area (Å²) in [6.45, 7) is 0. The van der Waals surface area contributed by atoms with E-state index in [0.29, 0.717) is 16.8 Å². The van der Waals surface area contributed by atoms with Crippen molar-refractivity contribution < 1.29 is 18.8 Å². The van der Waals surface area contributed by atoms with E-state index in [-0.39, 0.29) is 28.9 Å². The Morgan fingerprint density at radius 1 is 1.31 bits per heavy atom. The Morgan fingerprint density at radius 2 is 2.15 bits per heavy atom. The predicted octanol–water partition coefficient (Wildman–Crippen LogP) is 3.92. The summed E-state index contributed by atoms with van der Waals surface area (Å²) >= 11 is 3.09. The molecule has 0 fully saturated rings. The monoisotopic (exact) mass is 419 g/mol. The number of nitrogens with zero attached hydrogens (tertiary/aromatic N) is 1. The van der Waals surface area contributed by atoms with Crippen LogP contribution < -0.4 is 5.48 Å². The highest BCUT2D eigenvalue weighted by Gasteiger charge is 2.16. The van der Waals surface area contributed by atoms with Gasteiger partial charge in [0.2, 0.25) is 0 Å². The molecule has 0 aliphatic heterocycles. The van der Waals surface area contributed by atoms with Crippen LogP contribution in [0.25, 0.3) is 0 Å². The minimum Gasteiger partial charge on any atom is -0.472 e. The van der Waals surface area contributed by atoms with Crippen LogP contribution in [0.3, 0.4) is 0 Å². The van der Waals surface area contributed by atoms with Gasteiger partial charge in [-0.05, 0) is 45.8 Å². The number of hydrogen-bond acceptors (Lipinski definition) is 4. The first-order chi connectivity index (χ1) is 12.6. The van der Waals surface area contributed by atoms with Crippen LogP contribution in [0.15, 0.2) is 63.1 Å². The van der Waals surface area contributed by atoms with Crippen molar-refractivity contribution >= 4 is 33.2 Å². The minimum absolute atomic E-state index is 0.00549. The fourth-order valence-electron chi connectivity index (χ4n) is 2.47. The van der Waals surface area contributed by atoms with Gasteiger partial charge in [0, 0.05) is 30.8 Å². The van der Waals surface area contributed by atoms with Crippen molar-refractivity contribution in [2.45, 2.75) is 12.8 Å². The number of H-pyrrole nitrogens is 1. The SMILES string of the molecule is O=C(Cc1cc[nH]c1)Cc1cocc1C(=Nc1ccc(F)c(Br)c1)NO. The Kier molecular flexibility index (Phi) is 5.65. The first-order valence-electron chi connectivity index (χ1n) is 7.69. The van der Waals surface area contributed by atoms with Gasteiger partial charge in [0.25, 0.3) is 0 Å². The molecule has 0 aliphatic rings. The number of aromatic nitrogens is 1.